The number of hydrogen-bond acceptors (Lipinski definition) is 3. The molecule has 0 spiro atoms. The van der Waals surface area contributed by atoms with Crippen molar-refractivity contribution in [1.82, 2.24) is 14.8 Å². The molecule has 2 heterocycles. The second-order valence-electron chi connectivity index (χ2n) is 4.95. The number of aromatic nitrogens is 3. The fourth-order valence-electron chi connectivity index (χ4n) is 2.36. The second-order valence-corrected chi connectivity index (χ2v) is 4.95. The van der Waals surface area contributed by atoms with E-state index in [0.717, 1.165) is 41.0 Å². The molecule has 3 rings (SSSR count). The van der Waals surface area contributed by atoms with Gasteiger partial charge in [0.1, 0.15) is 12.4 Å². The van der Waals surface area contributed by atoms with Crippen molar-refractivity contribution in [1.29, 1.82) is 0 Å². The molecule has 0 unspecified atom stereocenters. The third-order valence-corrected chi connectivity index (χ3v) is 3.53. The van der Waals surface area contributed by atoms with Crippen LogP contribution in [0.5, 0.6) is 5.75 Å². The molecule has 0 aliphatic carbocycles. The Hall–Kier alpha value is -2.36. The van der Waals surface area contributed by atoms with E-state index >= 15 is 0 Å². The lowest BCUT2D eigenvalue weighted by atomic mass is 10.2. The molecule has 2 aromatic heterocycles. The Labute approximate surface area is 124 Å². The van der Waals surface area contributed by atoms with E-state index in [4.69, 9.17) is 4.74 Å². The standard InChI is InChI=1S/C17H19N3O/c1-3-14-10-15(20(4-2)19-14)12-21-16-9-13-7-5-6-8-17(13)18-11-16/h5-11H,3-4,12H2,1-2H3. The highest BCUT2D eigenvalue weighted by atomic mass is 16.5. The fraction of sp³-hybridized carbons (Fsp3) is 0.294. The van der Waals surface area contributed by atoms with Crippen LogP contribution in [0.4, 0.5) is 0 Å². The predicted molar refractivity (Wildman–Crippen MR) is 83.4 cm³/mol. The first-order chi connectivity index (χ1) is 10.3. The van der Waals surface area contributed by atoms with Gasteiger partial charge in [0.2, 0.25) is 0 Å². The van der Waals surface area contributed by atoms with Gasteiger partial charge in [0.25, 0.3) is 0 Å². The minimum atomic E-state index is 0.515. The molecule has 21 heavy (non-hydrogen) atoms. The highest BCUT2D eigenvalue weighted by Gasteiger charge is 2.07. The third kappa shape index (κ3) is 2.89. The van der Waals surface area contributed by atoms with Crippen LogP contribution >= 0.6 is 0 Å². The summed E-state index contributed by atoms with van der Waals surface area (Å²) in [6.07, 6.45) is 2.72. The van der Waals surface area contributed by atoms with Gasteiger partial charge < -0.3 is 4.74 Å². The van der Waals surface area contributed by atoms with Gasteiger partial charge in [0.05, 0.1) is 23.1 Å². The summed E-state index contributed by atoms with van der Waals surface area (Å²) in [4.78, 5) is 4.41. The number of fused-ring (bicyclic) bond motifs is 1. The first-order valence-electron chi connectivity index (χ1n) is 7.33. The van der Waals surface area contributed by atoms with E-state index in [9.17, 15) is 0 Å². The lowest BCUT2D eigenvalue weighted by molar-refractivity contribution is 0.292. The summed E-state index contributed by atoms with van der Waals surface area (Å²) in [5.41, 5.74) is 3.19. The Morgan fingerprint density at radius 3 is 2.81 bits per heavy atom. The molecule has 0 bridgehead atoms. The Bertz CT molecular complexity index is 749. The maximum Gasteiger partial charge on any atom is 0.138 e. The molecule has 0 radical (unpaired) electrons. The molecule has 0 amide bonds. The molecule has 0 saturated carbocycles. The lowest BCUT2D eigenvalue weighted by Gasteiger charge is -2.08. The Kier molecular flexibility index (Phi) is 3.86. The molecule has 4 nitrogen and oxygen atoms in total. The van der Waals surface area contributed by atoms with Crippen molar-refractivity contribution in [2.75, 3.05) is 0 Å². The van der Waals surface area contributed by atoms with Crippen molar-refractivity contribution in [3.8, 4) is 5.75 Å². The molecular weight excluding hydrogens is 262 g/mol. The molecule has 0 saturated heterocycles. The molecule has 0 fully saturated rings. The summed E-state index contributed by atoms with van der Waals surface area (Å²) in [7, 11) is 0. The highest BCUT2D eigenvalue weighted by Crippen LogP contribution is 2.19. The van der Waals surface area contributed by atoms with Crippen LogP contribution < -0.4 is 4.74 Å². The van der Waals surface area contributed by atoms with E-state index in [1.54, 1.807) is 6.20 Å². The third-order valence-electron chi connectivity index (χ3n) is 3.53. The minimum Gasteiger partial charge on any atom is -0.486 e. The first kappa shape index (κ1) is 13.6. The molecule has 108 valence electrons. The van der Waals surface area contributed by atoms with E-state index < -0.39 is 0 Å². The van der Waals surface area contributed by atoms with Gasteiger partial charge in [-0.15, -0.1) is 0 Å². The van der Waals surface area contributed by atoms with Crippen LogP contribution in [-0.4, -0.2) is 14.8 Å². The van der Waals surface area contributed by atoms with Crippen LogP contribution in [0, 0.1) is 0 Å². The van der Waals surface area contributed by atoms with Crippen molar-refractivity contribution in [2.24, 2.45) is 0 Å². The number of hydrogen-bond donors (Lipinski definition) is 0. The van der Waals surface area contributed by atoms with Crippen LogP contribution in [0.3, 0.4) is 0 Å². The van der Waals surface area contributed by atoms with E-state index in [0.29, 0.717) is 6.61 Å². The van der Waals surface area contributed by atoms with E-state index in [1.807, 2.05) is 35.0 Å². The van der Waals surface area contributed by atoms with Gasteiger partial charge in [-0.2, -0.15) is 5.10 Å². The fourth-order valence-corrected chi connectivity index (χ4v) is 2.36. The van der Waals surface area contributed by atoms with Crippen LogP contribution in [0.15, 0.2) is 42.6 Å². The maximum atomic E-state index is 5.88. The SMILES string of the molecule is CCc1cc(COc2cnc3ccccc3c2)n(CC)n1. The van der Waals surface area contributed by atoms with Gasteiger partial charge in [-0.1, -0.05) is 25.1 Å². The van der Waals surface area contributed by atoms with Crippen LogP contribution in [-0.2, 0) is 19.6 Å². The van der Waals surface area contributed by atoms with E-state index in [1.165, 1.54) is 0 Å². The molecule has 0 atom stereocenters. The average Bonchev–Trinajstić information content (AvgIpc) is 2.95. The summed E-state index contributed by atoms with van der Waals surface area (Å²) >= 11 is 0. The Morgan fingerprint density at radius 2 is 2.00 bits per heavy atom. The number of pyridine rings is 1. The largest absolute Gasteiger partial charge is 0.486 e. The Balaban J connectivity index is 1.78. The highest BCUT2D eigenvalue weighted by molar-refractivity contribution is 5.79. The molecule has 0 N–H and O–H groups in total. The van der Waals surface area contributed by atoms with Gasteiger partial charge in [0, 0.05) is 11.9 Å². The van der Waals surface area contributed by atoms with E-state index in [2.05, 4.69) is 30.0 Å². The average molecular weight is 281 g/mol. The second kappa shape index (κ2) is 5.95. The number of benzene rings is 1. The van der Waals surface area contributed by atoms with Crippen LogP contribution in [0.1, 0.15) is 25.2 Å². The number of para-hydroxylation sites is 1. The van der Waals surface area contributed by atoms with Crippen molar-refractivity contribution in [3.05, 3.63) is 54.0 Å². The zero-order valence-electron chi connectivity index (χ0n) is 12.4. The molecule has 0 aliphatic rings. The number of nitrogens with zero attached hydrogens (tertiary/aromatic N) is 3. The van der Waals surface area contributed by atoms with Crippen molar-refractivity contribution in [3.63, 3.8) is 0 Å². The van der Waals surface area contributed by atoms with Gasteiger partial charge in [-0.05, 0) is 31.5 Å². The van der Waals surface area contributed by atoms with Crippen LogP contribution in [0.2, 0.25) is 0 Å². The maximum absolute atomic E-state index is 5.88. The van der Waals surface area contributed by atoms with Gasteiger partial charge in [-0.3, -0.25) is 9.67 Å². The molecule has 1 aromatic carbocycles. The monoisotopic (exact) mass is 281 g/mol. The zero-order valence-corrected chi connectivity index (χ0v) is 12.4. The van der Waals surface area contributed by atoms with Crippen molar-refractivity contribution in [2.45, 2.75) is 33.4 Å². The molecular formula is C17H19N3O. The van der Waals surface area contributed by atoms with Gasteiger partial charge in [-0.25, -0.2) is 0 Å². The quantitative estimate of drug-likeness (QED) is 0.717. The van der Waals surface area contributed by atoms with Gasteiger partial charge in [0.15, 0.2) is 0 Å². The summed E-state index contributed by atoms with van der Waals surface area (Å²) < 4.78 is 7.87. The smallest absolute Gasteiger partial charge is 0.138 e. The lowest BCUT2D eigenvalue weighted by Crippen LogP contribution is -2.06. The summed E-state index contributed by atoms with van der Waals surface area (Å²) in [6, 6.07) is 12.2. The molecule has 0 aliphatic heterocycles. The predicted octanol–water partition coefficient (Wildman–Crippen LogP) is 3.59. The van der Waals surface area contributed by atoms with Crippen molar-refractivity contribution >= 4 is 10.9 Å². The Morgan fingerprint density at radius 1 is 1.14 bits per heavy atom. The molecule has 3 aromatic rings. The normalized spacial score (nSPS) is 11.0. The van der Waals surface area contributed by atoms with Gasteiger partial charge >= 0.3 is 0 Å². The summed E-state index contributed by atoms with van der Waals surface area (Å²) in [6.45, 7) is 5.57. The molecule has 4 heteroatoms. The zero-order chi connectivity index (χ0) is 14.7. The number of ether oxygens (including phenoxy) is 1. The topological polar surface area (TPSA) is 39.9 Å². The summed E-state index contributed by atoms with van der Waals surface area (Å²) in [5.74, 6) is 0.788. The summed E-state index contributed by atoms with van der Waals surface area (Å²) in [5, 5.41) is 5.62. The van der Waals surface area contributed by atoms with E-state index in [-0.39, 0.29) is 0 Å². The van der Waals surface area contributed by atoms with Crippen LogP contribution in [0.25, 0.3) is 10.9 Å². The first-order valence-corrected chi connectivity index (χ1v) is 7.33. The number of aryl methyl sites for hydroxylation is 2. The minimum absolute atomic E-state index is 0.515. The number of rotatable bonds is 5. The van der Waals surface area contributed by atoms with Crippen molar-refractivity contribution < 1.29 is 4.74 Å².